The van der Waals surface area contributed by atoms with Crippen LogP contribution in [0.1, 0.15) is 30.2 Å². The molecule has 2 aromatic carbocycles. The van der Waals surface area contributed by atoms with Crippen LogP contribution in [-0.2, 0) is 19.1 Å². The summed E-state index contributed by atoms with van der Waals surface area (Å²) in [5.74, 6) is -0.602. The van der Waals surface area contributed by atoms with Crippen molar-refractivity contribution in [1.29, 1.82) is 0 Å². The van der Waals surface area contributed by atoms with Crippen molar-refractivity contribution in [1.82, 2.24) is 10.3 Å². The number of aryl methyl sites for hydroxylation is 1. The largest absolute Gasteiger partial charge is 0.493 e. The quantitative estimate of drug-likeness (QED) is 0.386. The Labute approximate surface area is 232 Å². The molecule has 9 nitrogen and oxygen atoms in total. The van der Waals surface area contributed by atoms with E-state index in [9.17, 15) is 9.59 Å². The van der Waals surface area contributed by atoms with E-state index in [-0.39, 0.29) is 0 Å². The van der Waals surface area contributed by atoms with E-state index in [2.05, 4.69) is 10.6 Å². The Balaban J connectivity index is 1.89. The number of thiazole rings is 1. The zero-order valence-electron chi connectivity index (χ0n) is 23.1. The maximum absolute atomic E-state index is 13.8. The molecule has 3 atom stereocenters. The van der Waals surface area contributed by atoms with Crippen LogP contribution in [0, 0.1) is 6.92 Å². The van der Waals surface area contributed by atoms with Crippen LogP contribution in [-0.4, -0.2) is 56.9 Å². The van der Waals surface area contributed by atoms with Crippen LogP contribution in [0.4, 0.5) is 5.13 Å². The average Bonchev–Trinajstić information content (AvgIpc) is 3.32. The van der Waals surface area contributed by atoms with E-state index in [0.717, 1.165) is 21.7 Å². The van der Waals surface area contributed by atoms with Gasteiger partial charge in [0, 0.05) is 16.1 Å². The number of ether oxygens (including phenoxy) is 4. The Hall–Kier alpha value is -4.05. The summed E-state index contributed by atoms with van der Waals surface area (Å²) in [5, 5.41) is 7.24. The summed E-state index contributed by atoms with van der Waals surface area (Å²) in [6.45, 7) is 5.65. The summed E-state index contributed by atoms with van der Waals surface area (Å²) in [6, 6.07) is 14.5. The van der Waals surface area contributed by atoms with E-state index in [0.29, 0.717) is 27.9 Å². The summed E-state index contributed by atoms with van der Waals surface area (Å²) in [7, 11) is 5.83. The van der Waals surface area contributed by atoms with E-state index in [4.69, 9.17) is 23.9 Å². The lowest BCUT2D eigenvalue weighted by Gasteiger charge is -2.47. The Morgan fingerprint density at radius 3 is 2.28 bits per heavy atom. The maximum Gasteiger partial charge on any atom is 0.336 e. The van der Waals surface area contributed by atoms with Gasteiger partial charge in [0.1, 0.15) is 0 Å². The number of carbonyl (C=O) groups excluding carboxylic acids is 2. The van der Waals surface area contributed by atoms with E-state index in [1.807, 2.05) is 69.3 Å². The van der Waals surface area contributed by atoms with Gasteiger partial charge in [0.2, 0.25) is 0 Å². The van der Waals surface area contributed by atoms with Gasteiger partial charge in [-0.25, -0.2) is 14.6 Å². The molecule has 206 valence electrons. The van der Waals surface area contributed by atoms with Crippen molar-refractivity contribution in [2.75, 3.05) is 33.8 Å². The maximum atomic E-state index is 13.8. The minimum Gasteiger partial charge on any atom is -0.493 e. The lowest BCUT2D eigenvalue weighted by atomic mass is 9.68. The Bertz CT molecular complexity index is 1400. The highest BCUT2D eigenvalue weighted by atomic mass is 32.1. The lowest BCUT2D eigenvalue weighted by Crippen LogP contribution is -2.66. The molecule has 0 saturated carbocycles. The summed E-state index contributed by atoms with van der Waals surface area (Å²) in [5.41, 5.74) is 1.87. The third-order valence-electron chi connectivity index (χ3n) is 7.09. The molecule has 1 aromatic heterocycles. The number of nitrogens with zero attached hydrogens (tertiary/aromatic N) is 1. The summed E-state index contributed by atoms with van der Waals surface area (Å²) in [6.07, 6.45) is 0. The normalized spacial score (nSPS) is 20.6. The van der Waals surface area contributed by atoms with Crippen molar-refractivity contribution in [2.24, 2.45) is 0 Å². The molecular formula is C29H33N3O6S. The number of methoxy groups -OCH3 is 4. The fourth-order valence-corrected chi connectivity index (χ4v) is 6.15. The number of aromatic nitrogens is 1. The second kappa shape index (κ2) is 11.4. The number of anilines is 1. The monoisotopic (exact) mass is 551 g/mol. The molecule has 4 rings (SSSR count). The smallest absolute Gasteiger partial charge is 0.336 e. The molecule has 10 heteroatoms. The molecule has 1 aliphatic rings. The number of rotatable bonds is 8. The molecule has 2 N–H and O–H groups in total. The van der Waals surface area contributed by atoms with Gasteiger partial charge in [-0.05, 0) is 44.5 Å². The van der Waals surface area contributed by atoms with Crippen molar-refractivity contribution in [3.63, 3.8) is 0 Å². The number of esters is 2. The molecule has 3 aromatic rings. The van der Waals surface area contributed by atoms with Gasteiger partial charge in [-0.3, -0.25) is 0 Å². The molecule has 2 heterocycles. The van der Waals surface area contributed by atoms with Gasteiger partial charge in [0.15, 0.2) is 22.2 Å². The molecule has 0 amide bonds. The first-order chi connectivity index (χ1) is 18.7. The highest BCUT2D eigenvalue weighted by Gasteiger charge is 2.58. The molecule has 39 heavy (non-hydrogen) atoms. The highest BCUT2D eigenvalue weighted by Crippen LogP contribution is 2.46. The third-order valence-corrected chi connectivity index (χ3v) is 7.98. The van der Waals surface area contributed by atoms with Gasteiger partial charge in [0.05, 0.1) is 51.7 Å². The number of allylic oxidation sites excluding steroid dienone is 1. The average molecular weight is 552 g/mol. The number of carbonyl (C=O) groups is 2. The van der Waals surface area contributed by atoms with Gasteiger partial charge in [-0.1, -0.05) is 30.3 Å². The summed E-state index contributed by atoms with van der Waals surface area (Å²) < 4.78 is 21.4. The Kier molecular flexibility index (Phi) is 8.15. The van der Waals surface area contributed by atoms with Gasteiger partial charge in [-0.2, -0.15) is 0 Å². The van der Waals surface area contributed by atoms with Gasteiger partial charge in [0.25, 0.3) is 0 Å². The van der Waals surface area contributed by atoms with E-state index < -0.39 is 29.4 Å². The summed E-state index contributed by atoms with van der Waals surface area (Å²) in [4.78, 5) is 32.8. The van der Waals surface area contributed by atoms with Crippen molar-refractivity contribution >= 4 is 28.4 Å². The number of benzene rings is 2. The first-order valence-electron chi connectivity index (χ1n) is 12.4. The van der Waals surface area contributed by atoms with Crippen LogP contribution in [0.25, 0.3) is 11.3 Å². The highest BCUT2D eigenvalue weighted by molar-refractivity contribution is 7.16. The molecule has 0 radical (unpaired) electrons. The molecule has 0 bridgehead atoms. The SMILES string of the molecule is COC(=O)C1=C(C)NC(C)C(Nc2nc(-c3ccc(OC)c(OC)c3)c(C)s2)(C(=O)OC)C1c1ccccc1. The van der Waals surface area contributed by atoms with E-state index in [1.54, 1.807) is 14.2 Å². The van der Waals surface area contributed by atoms with Crippen molar-refractivity contribution in [3.8, 4) is 22.8 Å². The molecule has 0 spiro atoms. The van der Waals surface area contributed by atoms with Crippen LogP contribution in [0.3, 0.4) is 0 Å². The third kappa shape index (κ3) is 4.92. The molecule has 3 unspecified atom stereocenters. The zero-order valence-corrected chi connectivity index (χ0v) is 23.9. The first-order valence-corrected chi connectivity index (χ1v) is 13.2. The second-order valence-electron chi connectivity index (χ2n) is 9.22. The standard InChI is InChI=1S/C29H33N3O6S/c1-16-23(26(33)37-6)24(19-11-9-8-10-12-19)29(18(3)30-16,27(34)38-7)32-28-31-25(17(2)39-28)20-13-14-21(35-4)22(15-20)36-5/h8-15,18,24,30H,1-7H3,(H,31,32). The zero-order chi connectivity index (χ0) is 28.3. The Morgan fingerprint density at radius 2 is 1.67 bits per heavy atom. The molecular weight excluding hydrogens is 518 g/mol. The van der Waals surface area contributed by atoms with E-state index >= 15 is 0 Å². The van der Waals surface area contributed by atoms with Gasteiger partial charge in [-0.15, -0.1) is 11.3 Å². The lowest BCUT2D eigenvalue weighted by molar-refractivity contribution is -0.148. The molecule has 0 aliphatic carbocycles. The minimum atomic E-state index is -1.43. The second-order valence-corrected chi connectivity index (χ2v) is 10.4. The van der Waals surface area contributed by atoms with Crippen molar-refractivity contribution in [3.05, 3.63) is 70.2 Å². The van der Waals surface area contributed by atoms with Crippen LogP contribution in [0.5, 0.6) is 11.5 Å². The fraction of sp³-hybridized carbons (Fsp3) is 0.345. The number of hydrogen-bond donors (Lipinski definition) is 2. The van der Waals surface area contributed by atoms with Crippen LogP contribution >= 0.6 is 11.3 Å². The van der Waals surface area contributed by atoms with Crippen LogP contribution in [0.15, 0.2) is 59.8 Å². The molecule has 0 saturated heterocycles. The van der Waals surface area contributed by atoms with Crippen LogP contribution in [0.2, 0.25) is 0 Å². The van der Waals surface area contributed by atoms with Crippen molar-refractivity contribution < 1.29 is 28.5 Å². The molecule has 1 aliphatic heterocycles. The van der Waals surface area contributed by atoms with Crippen molar-refractivity contribution in [2.45, 2.75) is 38.3 Å². The predicted octanol–water partition coefficient (Wildman–Crippen LogP) is 4.68. The fourth-order valence-electron chi connectivity index (χ4n) is 5.24. The van der Waals surface area contributed by atoms with Crippen LogP contribution < -0.4 is 20.1 Å². The van der Waals surface area contributed by atoms with Gasteiger partial charge >= 0.3 is 11.9 Å². The summed E-state index contributed by atoms with van der Waals surface area (Å²) >= 11 is 1.41. The minimum absolute atomic E-state index is 0.341. The number of nitrogens with one attached hydrogen (secondary N) is 2. The van der Waals surface area contributed by atoms with Gasteiger partial charge < -0.3 is 29.6 Å². The van der Waals surface area contributed by atoms with E-state index in [1.165, 1.54) is 25.6 Å². The first kappa shape index (κ1) is 28.0. The Morgan fingerprint density at radius 1 is 0.974 bits per heavy atom. The topological polar surface area (TPSA) is 108 Å². The predicted molar refractivity (Wildman–Crippen MR) is 150 cm³/mol. The number of hydrogen-bond acceptors (Lipinski definition) is 10. The molecule has 0 fully saturated rings.